The molecule has 0 nitrogen and oxygen atoms in total. The standard InChI is InChI=1S/C15H25.8Y/c1-6-7-8-10-14(4)11-9-12-15(5)13(2)3;;;;;;;;/h8-9,13H,1,7,10-12H2,2-5H3;;;;;;;;/q-5;;;;;;;;. The molecule has 8 heteroatoms. The second kappa shape index (κ2) is 44.3. The van der Waals surface area contributed by atoms with Crippen molar-refractivity contribution >= 4 is 0 Å². The van der Waals surface area contributed by atoms with Crippen LogP contribution >= 0.6 is 0 Å². The van der Waals surface area contributed by atoms with Crippen LogP contribution in [0.2, 0.25) is 0 Å². The largest absolute Gasteiger partial charge is 0.534 e. The van der Waals surface area contributed by atoms with Crippen molar-refractivity contribution in [1.29, 1.82) is 0 Å². The minimum Gasteiger partial charge on any atom is -0.534 e. The van der Waals surface area contributed by atoms with Crippen molar-refractivity contribution < 1.29 is 262 Å². The molecule has 23 heavy (non-hydrogen) atoms. The fourth-order valence-electron chi connectivity index (χ4n) is 1.29. The molecule has 0 unspecified atom stereocenters. The van der Waals surface area contributed by atoms with Gasteiger partial charge < -0.3 is 56.4 Å². The number of rotatable bonds is 9. The Labute approximate surface area is 348 Å². The van der Waals surface area contributed by atoms with Crippen LogP contribution in [0, 0.1) is 36.7 Å². The van der Waals surface area contributed by atoms with E-state index in [-0.39, 0.29) is 262 Å². The average Bonchev–Trinajstić information content (AvgIpc) is 2.18. The first-order chi connectivity index (χ1) is 7.07. The summed E-state index contributed by atoms with van der Waals surface area (Å²) in [5, 5.41) is 0. The second-order valence-electron chi connectivity index (χ2n) is 4.60. The Bertz CT molecular complexity index is 168. The van der Waals surface area contributed by atoms with Crippen LogP contribution in [0.4, 0.5) is 0 Å². The molecule has 0 saturated heterocycles. The Balaban J connectivity index is -0.0000000350. The van der Waals surface area contributed by atoms with Crippen molar-refractivity contribution in [2.24, 2.45) is 5.92 Å². The number of allylic oxidation sites excluding steroid dienone is 1. The first kappa shape index (κ1) is 57.9. The molecule has 0 rings (SSSR count). The fourth-order valence-corrected chi connectivity index (χ4v) is 1.29. The minimum atomic E-state index is 0. The molecular formula is C15H25Y8-5. The molecule has 0 aliphatic heterocycles. The van der Waals surface area contributed by atoms with E-state index in [9.17, 15) is 0 Å². The van der Waals surface area contributed by atoms with Crippen molar-refractivity contribution in [1.82, 2.24) is 0 Å². The van der Waals surface area contributed by atoms with Gasteiger partial charge in [0.1, 0.15) is 0 Å². The summed E-state index contributed by atoms with van der Waals surface area (Å²) >= 11 is 0. The molecule has 0 bridgehead atoms. The quantitative estimate of drug-likeness (QED) is 0.232. The molecule has 0 N–H and O–H groups in total. The van der Waals surface area contributed by atoms with Gasteiger partial charge in [-0.2, -0.15) is 19.8 Å². The molecule has 0 aromatic heterocycles. The van der Waals surface area contributed by atoms with Crippen molar-refractivity contribution in [3.8, 4) is 0 Å². The van der Waals surface area contributed by atoms with Gasteiger partial charge in [-0.15, -0.1) is 0 Å². The van der Waals surface area contributed by atoms with E-state index in [1.165, 1.54) is 5.92 Å². The molecular weight excluding hydrogens is 891 g/mol. The van der Waals surface area contributed by atoms with Gasteiger partial charge in [-0.3, -0.25) is 6.58 Å². The summed E-state index contributed by atoms with van der Waals surface area (Å²) in [6, 6.07) is 0. The van der Waals surface area contributed by atoms with Gasteiger partial charge in [0.2, 0.25) is 0 Å². The maximum absolute atomic E-state index is 3.59. The van der Waals surface area contributed by atoms with Gasteiger partial charge in [-0.25, -0.2) is 0 Å². The van der Waals surface area contributed by atoms with Crippen LogP contribution in [-0.4, -0.2) is 0 Å². The van der Waals surface area contributed by atoms with Gasteiger partial charge in [0.15, 0.2) is 0 Å². The zero-order valence-corrected chi connectivity index (χ0v) is 38.1. The van der Waals surface area contributed by atoms with Gasteiger partial charge in [0.05, 0.1) is 0 Å². The number of unbranched alkanes of at least 4 members (excludes halogenated alkanes) is 1. The van der Waals surface area contributed by atoms with Crippen LogP contribution in [0.5, 0.6) is 0 Å². The van der Waals surface area contributed by atoms with Crippen LogP contribution in [0.15, 0.2) is 6.58 Å². The number of hydrogen-bond donors (Lipinski definition) is 0. The van der Waals surface area contributed by atoms with Crippen LogP contribution in [0.25, 0.3) is 0 Å². The molecule has 114 valence electrons. The van der Waals surface area contributed by atoms with Gasteiger partial charge in [0.25, 0.3) is 0 Å². The van der Waals surface area contributed by atoms with E-state index in [2.05, 4.69) is 53.2 Å². The third-order valence-corrected chi connectivity index (χ3v) is 2.73. The molecule has 0 aliphatic carbocycles. The molecule has 0 spiro atoms. The third kappa shape index (κ3) is 44.9. The van der Waals surface area contributed by atoms with Crippen LogP contribution in [0.3, 0.4) is 0 Å². The van der Waals surface area contributed by atoms with Gasteiger partial charge in [-0.05, 0) is 0 Å². The van der Waals surface area contributed by atoms with E-state index in [0.717, 1.165) is 25.7 Å². The van der Waals surface area contributed by atoms with Crippen molar-refractivity contribution in [2.45, 2.75) is 53.4 Å². The van der Waals surface area contributed by atoms with E-state index >= 15 is 0 Å². The summed E-state index contributed by atoms with van der Waals surface area (Å²) in [5.74, 6) is 3.82. The SMILES string of the molecule is C=[C-]C[CH-]C[C-](C)C[CH-]C[C-](C)C(C)C.[Y].[Y].[Y].[Y].[Y].[Y].[Y].[Y]. The van der Waals surface area contributed by atoms with Crippen LogP contribution in [-0.2, 0) is 262 Å². The maximum Gasteiger partial charge on any atom is 0 e. The molecule has 0 atom stereocenters. The number of hydrogen-bond acceptors (Lipinski definition) is 0. The molecule has 0 saturated carbocycles. The van der Waals surface area contributed by atoms with Crippen molar-refractivity contribution in [3.05, 3.63) is 37.3 Å². The second-order valence-corrected chi connectivity index (χ2v) is 4.60. The Morgan fingerprint density at radius 3 is 1.52 bits per heavy atom. The maximum atomic E-state index is 3.59. The predicted molar refractivity (Wildman–Crippen MR) is 68.6 cm³/mol. The monoisotopic (exact) mass is 916 g/mol. The average molecular weight is 917 g/mol. The minimum absolute atomic E-state index is 0. The van der Waals surface area contributed by atoms with Gasteiger partial charge in [-0.1, -0.05) is 13.8 Å². The van der Waals surface area contributed by atoms with Crippen LogP contribution in [0.1, 0.15) is 53.4 Å². The molecule has 0 aromatic carbocycles. The Hall–Kier alpha value is 8.57. The fraction of sp³-hybridized carbons (Fsp3) is 0.600. The van der Waals surface area contributed by atoms with E-state index in [1.54, 1.807) is 5.92 Å². The van der Waals surface area contributed by atoms with Crippen molar-refractivity contribution in [2.75, 3.05) is 0 Å². The zero-order valence-electron chi connectivity index (χ0n) is 15.4. The smallest absolute Gasteiger partial charge is 0 e. The summed E-state index contributed by atoms with van der Waals surface area (Å²) in [5.41, 5.74) is 0. The van der Waals surface area contributed by atoms with Gasteiger partial charge >= 0.3 is 0 Å². The summed E-state index contributed by atoms with van der Waals surface area (Å²) in [7, 11) is 0. The topological polar surface area (TPSA) is 0 Å². The van der Waals surface area contributed by atoms with Crippen LogP contribution < -0.4 is 0 Å². The van der Waals surface area contributed by atoms with E-state index < -0.39 is 0 Å². The van der Waals surface area contributed by atoms with E-state index in [4.69, 9.17) is 0 Å². The Morgan fingerprint density at radius 1 is 0.783 bits per heavy atom. The third-order valence-electron chi connectivity index (χ3n) is 2.73. The Morgan fingerprint density at radius 2 is 1.17 bits per heavy atom. The zero-order chi connectivity index (χ0) is 11.7. The summed E-state index contributed by atoms with van der Waals surface area (Å²) in [4.78, 5) is 0. The molecule has 0 fully saturated rings. The molecule has 0 aromatic rings. The molecule has 8 radical (unpaired) electrons. The summed E-state index contributed by atoms with van der Waals surface area (Å²) in [6.45, 7) is 12.6. The first-order valence-corrected chi connectivity index (χ1v) is 5.84. The molecule has 0 amide bonds. The normalized spacial score (nSPS) is 7.61. The van der Waals surface area contributed by atoms with E-state index in [0.29, 0.717) is 5.92 Å². The summed E-state index contributed by atoms with van der Waals surface area (Å²) < 4.78 is 0. The van der Waals surface area contributed by atoms with Gasteiger partial charge in [0, 0.05) is 262 Å². The summed E-state index contributed by atoms with van der Waals surface area (Å²) in [6.07, 6.45) is 11.8. The van der Waals surface area contributed by atoms with E-state index in [1.807, 2.05) is 0 Å². The first-order valence-electron chi connectivity index (χ1n) is 5.84. The molecule has 0 heterocycles. The Kier molecular flexibility index (Phi) is 112. The predicted octanol–water partition coefficient (Wildman–Crippen LogP) is 4.77. The van der Waals surface area contributed by atoms with Crippen molar-refractivity contribution in [3.63, 3.8) is 0 Å². The molecule has 0 aliphatic rings.